The number of hydrogen-bond donors (Lipinski definition) is 1. The summed E-state index contributed by atoms with van der Waals surface area (Å²) in [6.07, 6.45) is 4.40. The van der Waals surface area contributed by atoms with E-state index in [9.17, 15) is 0 Å². The van der Waals surface area contributed by atoms with Crippen LogP contribution in [-0.2, 0) is 12.8 Å². The van der Waals surface area contributed by atoms with Crippen molar-refractivity contribution < 1.29 is 5.11 Å². The van der Waals surface area contributed by atoms with Gasteiger partial charge in [-0.05, 0) is 43.4 Å². The minimum absolute atomic E-state index is 0.327. The van der Waals surface area contributed by atoms with Crippen molar-refractivity contribution in [2.75, 3.05) is 26.2 Å². The lowest BCUT2D eigenvalue weighted by Crippen LogP contribution is -2.27. The highest BCUT2D eigenvalue weighted by atomic mass is 16.2. The molecule has 88 valence electrons. The zero-order valence-electron chi connectivity index (χ0n) is 9.86. The Morgan fingerprint density at radius 1 is 1.00 bits per heavy atom. The first-order chi connectivity index (χ1) is 7.90. The SMILES string of the molecule is OCCCCN1CCc2ccccc2CC1. The topological polar surface area (TPSA) is 23.5 Å². The molecule has 1 aromatic rings. The standard InChI is InChI=1S/C14H21NO/c16-12-4-3-9-15-10-7-13-5-1-2-6-14(13)8-11-15/h1-2,5-6,16H,3-4,7-12H2. The summed E-state index contributed by atoms with van der Waals surface area (Å²) in [6, 6.07) is 8.79. The van der Waals surface area contributed by atoms with Gasteiger partial charge in [0.1, 0.15) is 0 Å². The van der Waals surface area contributed by atoms with Gasteiger partial charge in [0.25, 0.3) is 0 Å². The van der Waals surface area contributed by atoms with Gasteiger partial charge in [-0.2, -0.15) is 0 Å². The molecule has 1 N–H and O–H groups in total. The number of hydrogen-bond acceptors (Lipinski definition) is 2. The molecule has 0 bridgehead atoms. The van der Waals surface area contributed by atoms with Crippen LogP contribution >= 0.6 is 0 Å². The summed E-state index contributed by atoms with van der Waals surface area (Å²) >= 11 is 0. The minimum atomic E-state index is 0.327. The maximum atomic E-state index is 8.77. The average molecular weight is 219 g/mol. The van der Waals surface area contributed by atoms with Crippen LogP contribution in [0.15, 0.2) is 24.3 Å². The van der Waals surface area contributed by atoms with Gasteiger partial charge in [-0.1, -0.05) is 24.3 Å². The molecule has 0 radical (unpaired) electrons. The highest BCUT2D eigenvalue weighted by Gasteiger charge is 2.12. The highest BCUT2D eigenvalue weighted by Crippen LogP contribution is 2.15. The van der Waals surface area contributed by atoms with Crippen LogP contribution in [0.3, 0.4) is 0 Å². The summed E-state index contributed by atoms with van der Waals surface area (Å²) in [5, 5.41) is 8.77. The fourth-order valence-corrected chi connectivity index (χ4v) is 2.39. The Hall–Kier alpha value is -0.860. The molecule has 1 aliphatic heterocycles. The van der Waals surface area contributed by atoms with Gasteiger partial charge in [0, 0.05) is 19.7 Å². The van der Waals surface area contributed by atoms with Gasteiger partial charge in [0.2, 0.25) is 0 Å². The number of nitrogens with zero attached hydrogens (tertiary/aromatic N) is 1. The fraction of sp³-hybridized carbons (Fsp3) is 0.571. The van der Waals surface area contributed by atoms with Gasteiger partial charge in [0.15, 0.2) is 0 Å². The molecule has 0 unspecified atom stereocenters. The smallest absolute Gasteiger partial charge is 0.0431 e. The molecule has 2 nitrogen and oxygen atoms in total. The van der Waals surface area contributed by atoms with E-state index in [-0.39, 0.29) is 0 Å². The quantitative estimate of drug-likeness (QED) is 0.781. The molecule has 0 amide bonds. The van der Waals surface area contributed by atoms with E-state index in [4.69, 9.17) is 5.11 Å². The molecule has 2 rings (SSSR count). The van der Waals surface area contributed by atoms with Crippen molar-refractivity contribution in [2.24, 2.45) is 0 Å². The molecule has 0 fully saturated rings. The van der Waals surface area contributed by atoms with Crippen molar-refractivity contribution in [3.8, 4) is 0 Å². The molecule has 2 heteroatoms. The summed E-state index contributed by atoms with van der Waals surface area (Å²) in [4.78, 5) is 2.52. The highest BCUT2D eigenvalue weighted by molar-refractivity contribution is 5.28. The van der Waals surface area contributed by atoms with Gasteiger partial charge < -0.3 is 10.0 Å². The lowest BCUT2D eigenvalue weighted by molar-refractivity contribution is 0.247. The van der Waals surface area contributed by atoms with E-state index in [0.717, 1.165) is 19.4 Å². The molecule has 0 saturated carbocycles. The normalized spacial score (nSPS) is 16.8. The summed E-state index contributed by atoms with van der Waals surface area (Å²) in [5.41, 5.74) is 3.04. The Balaban J connectivity index is 1.87. The zero-order chi connectivity index (χ0) is 11.2. The Bertz CT molecular complexity index is 297. The van der Waals surface area contributed by atoms with E-state index >= 15 is 0 Å². The number of unbranched alkanes of at least 4 members (excludes halogenated alkanes) is 1. The van der Waals surface area contributed by atoms with Crippen molar-refractivity contribution in [2.45, 2.75) is 25.7 Å². The summed E-state index contributed by atoms with van der Waals surface area (Å²) in [6.45, 7) is 3.80. The number of benzene rings is 1. The van der Waals surface area contributed by atoms with Crippen molar-refractivity contribution in [3.63, 3.8) is 0 Å². The number of aliphatic hydroxyl groups excluding tert-OH is 1. The van der Waals surface area contributed by atoms with Crippen molar-refractivity contribution >= 4 is 0 Å². The van der Waals surface area contributed by atoms with Crippen molar-refractivity contribution in [1.29, 1.82) is 0 Å². The Morgan fingerprint density at radius 2 is 1.62 bits per heavy atom. The lowest BCUT2D eigenvalue weighted by Gasteiger charge is -2.19. The van der Waals surface area contributed by atoms with Gasteiger partial charge in [0.05, 0.1) is 0 Å². The van der Waals surface area contributed by atoms with E-state index in [1.807, 2.05) is 0 Å². The molecule has 0 spiro atoms. The Labute approximate surface area is 97.9 Å². The fourth-order valence-electron chi connectivity index (χ4n) is 2.39. The summed E-state index contributed by atoms with van der Waals surface area (Å²) < 4.78 is 0. The van der Waals surface area contributed by atoms with Crippen molar-refractivity contribution in [1.82, 2.24) is 4.90 Å². The van der Waals surface area contributed by atoms with Gasteiger partial charge in [-0.15, -0.1) is 0 Å². The minimum Gasteiger partial charge on any atom is -0.396 e. The van der Waals surface area contributed by atoms with Crippen LogP contribution in [-0.4, -0.2) is 36.2 Å². The summed E-state index contributed by atoms with van der Waals surface area (Å²) in [5.74, 6) is 0. The number of aliphatic hydroxyl groups is 1. The molecule has 1 aliphatic rings. The second kappa shape index (κ2) is 6.02. The molecule has 1 aromatic carbocycles. The summed E-state index contributed by atoms with van der Waals surface area (Å²) in [7, 11) is 0. The molecule has 0 atom stereocenters. The largest absolute Gasteiger partial charge is 0.396 e. The van der Waals surface area contributed by atoms with Gasteiger partial charge >= 0.3 is 0 Å². The van der Waals surface area contributed by atoms with Gasteiger partial charge in [-0.25, -0.2) is 0 Å². The third-order valence-corrected chi connectivity index (χ3v) is 3.40. The Kier molecular flexibility index (Phi) is 4.37. The molecule has 0 aliphatic carbocycles. The molecular formula is C14H21NO. The predicted molar refractivity (Wildman–Crippen MR) is 66.6 cm³/mol. The monoisotopic (exact) mass is 219 g/mol. The van der Waals surface area contributed by atoms with Crippen LogP contribution in [0.1, 0.15) is 24.0 Å². The van der Waals surface area contributed by atoms with Crippen LogP contribution in [0, 0.1) is 0 Å². The molecule has 1 heterocycles. The molecular weight excluding hydrogens is 198 g/mol. The first-order valence-electron chi connectivity index (χ1n) is 6.30. The zero-order valence-corrected chi connectivity index (χ0v) is 9.86. The molecule has 0 saturated heterocycles. The maximum Gasteiger partial charge on any atom is 0.0431 e. The van der Waals surface area contributed by atoms with E-state index in [0.29, 0.717) is 6.61 Å². The van der Waals surface area contributed by atoms with E-state index < -0.39 is 0 Å². The van der Waals surface area contributed by atoms with Crippen molar-refractivity contribution in [3.05, 3.63) is 35.4 Å². The molecule has 0 aromatic heterocycles. The van der Waals surface area contributed by atoms with E-state index in [1.54, 1.807) is 0 Å². The van der Waals surface area contributed by atoms with Crippen LogP contribution < -0.4 is 0 Å². The van der Waals surface area contributed by atoms with Crippen LogP contribution in [0.5, 0.6) is 0 Å². The average Bonchev–Trinajstić information content (AvgIpc) is 2.53. The predicted octanol–water partition coefficient (Wildman–Crippen LogP) is 1.86. The second-order valence-corrected chi connectivity index (χ2v) is 4.54. The van der Waals surface area contributed by atoms with Crippen LogP contribution in [0.25, 0.3) is 0 Å². The first kappa shape index (κ1) is 11.6. The molecule has 16 heavy (non-hydrogen) atoms. The number of fused-ring (bicyclic) bond motifs is 1. The lowest BCUT2D eigenvalue weighted by atomic mass is 10.0. The van der Waals surface area contributed by atoms with Crippen LogP contribution in [0.4, 0.5) is 0 Å². The third kappa shape index (κ3) is 3.06. The number of rotatable bonds is 4. The van der Waals surface area contributed by atoms with Crippen LogP contribution in [0.2, 0.25) is 0 Å². The van der Waals surface area contributed by atoms with Gasteiger partial charge in [-0.3, -0.25) is 0 Å². The first-order valence-corrected chi connectivity index (χ1v) is 6.30. The second-order valence-electron chi connectivity index (χ2n) is 4.54. The Morgan fingerprint density at radius 3 is 2.19 bits per heavy atom. The van der Waals surface area contributed by atoms with E-state index in [2.05, 4.69) is 29.2 Å². The van der Waals surface area contributed by atoms with E-state index in [1.165, 1.54) is 37.1 Å². The maximum absolute atomic E-state index is 8.77. The third-order valence-electron chi connectivity index (χ3n) is 3.40.